The molecule has 0 aliphatic heterocycles. The van der Waals surface area contributed by atoms with Gasteiger partial charge in [-0.1, -0.05) is 0 Å². The molecule has 0 atom stereocenters. The molecule has 0 unspecified atom stereocenters. The van der Waals surface area contributed by atoms with Gasteiger partial charge in [0.25, 0.3) is 11.8 Å². The third-order valence-electron chi connectivity index (χ3n) is 4.60. The van der Waals surface area contributed by atoms with Gasteiger partial charge in [-0.25, -0.2) is 31.9 Å². The monoisotopic (exact) mass is 501 g/mol. The second kappa shape index (κ2) is 9.10. The van der Waals surface area contributed by atoms with Crippen molar-refractivity contribution in [1.82, 2.24) is 10.6 Å². The van der Waals surface area contributed by atoms with E-state index in [0.717, 1.165) is 0 Å². The van der Waals surface area contributed by atoms with Crippen molar-refractivity contribution >= 4 is 24.1 Å². The van der Waals surface area contributed by atoms with Crippen molar-refractivity contribution in [2.75, 3.05) is 0 Å². The number of halogens is 4. The first kappa shape index (κ1) is 29.2. The van der Waals surface area contributed by atoms with Crippen LogP contribution in [0.3, 0.4) is 0 Å². The van der Waals surface area contributed by atoms with Crippen molar-refractivity contribution in [3.05, 3.63) is 0 Å². The van der Waals surface area contributed by atoms with E-state index in [2.05, 4.69) is 5.32 Å². The summed E-state index contributed by atoms with van der Waals surface area (Å²) in [4.78, 5) is 44.7. The molecule has 0 heterocycles. The second-order valence-electron chi connectivity index (χ2n) is 10.5. The number of nitrogens with one attached hydrogen (secondary N) is 2. The maximum absolute atomic E-state index is 12.8. The summed E-state index contributed by atoms with van der Waals surface area (Å²) >= 11 is 0. The molecule has 2 fully saturated rings. The molecule has 34 heavy (non-hydrogen) atoms. The molecule has 0 saturated heterocycles. The van der Waals surface area contributed by atoms with Crippen molar-refractivity contribution in [1.29, 1.82) is 0 Å². The Hall–Kier alpha value is -2.80. The number of alkyl carbamates (subject to hydrolysis) is 2. The number of hydrogen-bond donors (Lipinski definition) is 4. The van der Waals surface area contributed by atoms with Crippen LogP contribution in [0, 0.1) is 0 Å². The Morgan fingerprint density at radius 2 is 1.03 bits per heavy atom. The summed E-state index contributed by atoms with van der Waals surface area (Å²) < 4.78 is 60.7. The number of primary amides is 1. The number of carbonyl (C=O) groups excluding carboxylic acids is 3. The van der Waals surface area contributed by atoms with Crippen LogP contribution in [0.15, 0.2) is 0 Å². The number of carboxylic acid groups (broad SMARTS) is 1. The minimum absolute atomic E-state index is 0.769. The van der Waals surface area contributed by atoms with Crippen molar-refractivity contribution in [3.63, 3.8) is 0 Å². The van der Waals surface area contributed by atoms with Crippen LogP contribution in [0.4, 0.5) is 27.2 Å². The van der Waals surface area contributed by atoms with Gasteiger partial charge in [0, 0.05) is 25.7 Å². The maximum atomic E-state index is 12.8. The number of rotatable bonds is 4. The predicted octanol–water partition coefficient (Wildman–Crippen LogP) is 2.93. The predicted molar refractivity (Wildman–Crippen MR) is 109 cm³/mol. The molecular formula is C20H31F4N3O7. The third-order valence-corrected chi connectivity index (χ3v) is 4.60. The molecule has 10 nitrogen and oxygen atoms in total. The van der Waals surface area contributed by atoms with E-state index < -0.39 is 83.9 Å². The highest BCUT2D eigenvalue weighted by atomic mass is 19.3. The SMILES string of the molecule is CC(C)(C)OC(=O)NC1(C(=O)O)CC(F)(F)C1.CC(C)(C)OC(=O)NC1(C(N)=O)CC(F)(F)C1. The lowest BCUT2D eigenvalue weighted by Crippen LogP contribution is -2.69. The van der Waals surface area contributed by atoms with Gasteiger partial charge in [0.05, 0.1) is 0 Å². The van der Waals surface area contributed by atoms with Crippen LogP contribution in [0.25, 0.3) is 0 Å². The van der Waals surface area contributed by atoms with E-state index in [0.29, 0.717) is 0 Å². The van der Waals surface area contributed by atoms with Gasteiger partial charge in [0.1, 0.15) is 16.7 Å². The molecule has 2 aliphatic carbocycles. The molecule has 0 aromatic rings. The summed E-state index contributed by atoms with van der Waals surface area (Å²) in [6, 6.07) is 0. The number of carboxylic acids is 1. The van der Waals surface area contributed by atoms with Gasteiger partial charge in [0.2, 0.25) is 5.91 Å². The number of carbonyl (C=O) groups is 4. The van der Waals surface area contributed by atoms with Gasteiger partial charge in [-0.05, 0) is 41.5 Å². The van der Waals surface area contributed by atoms with Crippen LogP contribution < -0.4 is 16.4 Å². The normalized spacial score (nSPS) is 21.2. The minimum atomic E-state index is -3.05. The van der Waals surface area contributed by atoms with E-state index in [-0.39, 0.29) is 0 Å². The van der Waals surface area contributed by atoms with Crippen LogP contribution in [0.5, 0.6) is 0 Å². The van der Waals surface area contributed by atoms with Crippen molar-refractivity contribution in [2.45, 2.75) is 101 Å². The lowest BCUT2D eigenvalue weighted by Gasteiger charge is -2.44. The zero-order chi connectivity index (χ0) is 27.0. The lowest BCUT2D eigenvalue weighted by molar-refractivity contribution is -0.176. The van der Waals surface area contributed by atoms with Crippen LogP contribution in [0.2, 0.25) is 0 Å². The molecule has 5 N–H and O–H groups in total. The Morgan fingerprint density at radius 3 is 1.26 bits per heavy atom. The Balaban J connectivity index is 0.000000340. The average molecular weight is 501 g/mol. The number of nitrogens with two attached hydrogens (primary N) is 1. The van der Waals surface area contributed by atoms with Gasteiger partial charge in [-0.2, -0.15) is 0 Å². The number of ether oxygens (including phenoxy) is 2. The third kappa shape index (κ3) is 8.20. The molecule has 3 amide bonds. The van der Waals surface area contributed by atoms with Crippen LogP contribution in [0.1, 0.15) is 67.2 Å². The molecular weight excluding hydrogens is 470 g/mol. The molecule has 14 heteroatoms. The topological polar surface area (TPSA) is 157 Å². The van der Waals surface area contributed by atoms with Gasteiger partial charge in [-0.3, -0.25) is 4.79 Å². The second-order valence-corrected chi connectivity index (χ2v) is 10.5. The van der Waals surface area contributed by atoms with Gasteiger partial charge in [-0.15, -0.1) is 0 Å². The Labute approximate surface area is 193 Å². The van der Waals surface area contributed by atoms with Gasteiger partial charge < -0.3 is 30.9 Å². The van der Waals surface area contributed by atoms with Crippen molar-refractivity contribution in [3.8, 4) is 0 Å². The molecule has 196 valence electrons. The van der Waals surface area contributed by atoms with Crippen LogP contribution in [-0.4, -0.2) is 63.3 Å². The highest BCUT2D eigenvalue weighted by Gasteiger charge is 2.63. The molecule has 2 aliphatic rings. The lowest BCUT2D eigenvalue weighted by atomic mass is 9.73. The fraction of sp³-hybridized carbons (Fsp3) is 0.800. The fourth-order valence-electron chi connectivity index (χ4n) is 3.28. The first-order valence-electron chi connectivity index (χ1n) is 10.2. The molecule has 0 spiro atoms. The minimum Gasteiger partial charge on any atom is -0.479 e. The average Bonchev–Trinajstić information content (AvgIpc) is 2.46. The summed E-state index contributed by atoms with van der Waals surface area (Å²) in [5.74, 6) is -8.47. The summed E-state index contributed by atoms with van der Waals surface area (Å²) in [7, 11) is 0. The molecule has 0 aromatic heterocycles. The van der Waals surface area contributed by atoms with Crippen molar-refractivity contribution in [2.24, 2.45) is 5.73 Å². The van der Waals surface area contributed by atoms with E-state index in [1.807, 2.05) is 5.32 Å². The Bertz CT molecular complexity index is 751. The van der Waals surface area contributed by atoms with E-state index in [9.17, 15) is 36.7 Å². The van der Waals surface area contributed by atoms with Crippen LogP contribution >= 0.6 is 0 Å². The first-order chi connectivity index (χ1) is 14.9. The highest BCUT2D eigenvalue weighted by Crippen LogP contribution is 2.46. The molecule has 2 rings (SSSR count). The van der Waals surface area contributed by atoms with E-state index in [4.69, 9.17) is 20.3 Å². The molecule has 2 saturated carbocycles. The molecule has 0 aromatic carbocycles. The number of aliphatic carboxylic acids is 1. The van der Waals surface area contributed by atoms with Gasteiger partial charge in [0.15, 0.2) is 5.54 Å². The van der Waals surface area contributed by atoms with E-state index in [1.54, 1.807) is 41.5 Å². The van der Waals surface area contributed by atoms with Crippen molar-refractivity contribution < 1.29 is 51.3 Å². The molecule has 0 bridgehead atoms. The first-order valence-corrected chi connectivity index (χ1v) is 10.2. The Morgan fingerprint density at radius 1 is 0.735 bits per heavy atom. The number of hydrogen-bond acceptors (Lipinski definition) is 6. The summed E-state index contributed by atoms with van der Waals surface area (Å²) in [5.41, 5.74) is -0.154. The molecule has 0 radical (unpaired) electrons. The largest absolute Gasteiger partial charge is 0.479 e. The summed E-state index contributed by atoms with van der Waals surface area (Å²) in [6.45, 7) is 9.65. The number of alkyl halides is 4. The summed E-state index contributed by atoms with van der Waals surface area (Å²) in [5, 5.41) is 13.0. The van der Waals surface area contributed by atoms with E-state index >= 15 is 0 Å². The zero-order valence-corrected chi connectivity index (χ0v) is 19.8. The zero-order valence-electron chi connectivity index (χ0n) is 19.8. The maximum Gasteiger partial charge on any atom is 0.408 e. The van der Waals surface area contributed by atoms with E-state index in [1.165, 1.54) is 0 Å². The van der Waals surface area contributed by atoms with Gasteiger partial charge >= 0.3 is 18.2 Å². The fourth-order valence-corrected chi connectivity index (χ4v) is 3.28. The van der Waals surface area contributed by atoms with Crippen LogP contribution in [-0.2, 0) is 19.1 Å². The number of amides is 3. The highest BCUT2D eigenvalue weighted by molar-refractivity contribution is 5.90. The standard InChI is InChI=1S/C10H16F2N2O3.C10H15F2NO4/c1-8(2,3)17-7(16)14-9(6(13)15)4-10(11,12)5-9;1-8(2,3)17-7(16)13-9(6(14)15)4-10(11,12)5-9/h4-5H2,1-3H3,(H2,13,15)(H,14,16);4-5H2,1-3H3,(H,13,16)(H,14,15). The quantitative estimate of drug-likeness (QED) is 0.431. The summed E-state index contributed by atoms with van der Waals surface area (Å²) in [6.07, 6.45) is -5.31. The Kier molecular flexibility index (Phi) is 7.82. The smallest absolute Gasteiger partial charge is 0.408 e.